The van der Waals surface area contributed by atoms with E-state index in [1.54, 1.807) is 98.5 Å². The number of nitrogens with zero attached hydrogens (tertiary/aromatic N) is 9. The van der Waals surface area contributed by atoms with Gasteiger partial charge in [-0.1, -0.05) is 72.7 Å². The molecule has 24 nitrogen and oxygen atoms in total. The SMILES string of the molecule is CC[C@H]1O[C@H](O[C@]2(CCl)O[C@H](Cn3cc(CO[C@H]4O[C@H](Cn5cc(CCCN=[N+]=[N-])nn5)[C@@H](C)[C@H](OC(=O)c5ccccc5)[C@@H]4OC(=O)c4ccccc4)nn3)[C@@H](C)[C@@H]2OC(C)=O)[C@H](OC(C)=O)[C@@H](OC(C)=O)[C@H]1Cl. The maximum absolute atomic E-state index is 13.8. The standard InChI is InChI=1S/C49H59Cl2N9O15/c1-7-36-39(51)41(67-29(4)61)43(68-30(5)62)48(70-36)75-49(26-50)44(69-31(6)63)28(3)38(74-49)24-60-22-35(55-58-60)25-66-47-42(73-46(65)33-17-12-9-13-18-33)40(72-45(64)32-15-10-8-11-16-32)27(2)37(71-47)23-59-21-34(54-57-59)19-14-20-53-56-52/h8-13,15-18,21-22,27-28,36-44,47-48H,7,14,19-20,23-26H2,1-6H3/t27-,28-,36-,37-,38-,39+,40+,41+,42+,43-,44+,47+,48-,49+/m1/s1. The molecule has 3 saturated heterocycles. The first kappa shape index (κ1) is 56.5. The molecule has 0 amide bonds. The molecule has 0 saturated carbocycles. The van der Waals surface area contributed by atoms with Crippen molar-refractivity contribution in [3.63, 3.8) is 0 Å². The van der Waals surface area contributed by atoms with Crippen LogP contribution in [0.5, 0.6) is 0 Å². The second kappa shape index (κ2) is 26.0. The van der Waals surface area contributed by atoms with Crippen molar-refractivity contribution < 1.29 is 71.3 Å². The van der Waals surface area contributed by atoms with E-state index in [0.29, 0.717) is 30.7 Å². The van der Waals surface area contributed by atoms with Crippen LogP contribution >= 0.6 is 23.2 Å². The molecule has 7 rings (SSSR count). The summed E-state index contributed by atoms with van der Waals surface area (Å²) in [5, 5.41) is 19.8. The van der Waals surface area contributed by atoms with E-state index in [-0.39, 0.29) is 37.4 Å². The van der Waals surface area contributed by atoms with E-state index in [4.69, 9.17) is 76.1 Å². The third-order valence-corrected chi connectivity index (χ3v) is 13.7. The number of esters is 5. The zero-order valence-electron chi connectivity index (χ0n) is 42.0. The maximum Gasteiger partial charge on any atom is 0.338 e. The largest absolute Gasteiger partial charge is 0.457 e. The van der Waals surface area contributed by atoms with Gasteiger partial charge in [-0.15, -0.1) is 33.4 Å². The van der Waals surface area contributed by atoms with Crippen LogP contribution in [0, 0.1) is 11.8 Å². The second-order valence-electron chi connectivity index (χ2n) is 18.3. The van der Waals surface area contributed by atoms with Gasteiger partial charge in [-0.2, -0.15) is 0 Å². The predicted octanol–water partition coefficient (Wildman–Crippen LogP) is 5.67. The lowest BCUT2D eigenvalue weighted by Crippen LogP contribution is -2.62. The Balaban J connectivity index is 1.13. The van der Waals surface area contributed by atoms with Crippen LogP contribution in [-0.4, -0.2) is 145 Å². The van der Waals surface area contributed by atoms with Gasteiger partial charge in [0.05, 0.1) is 66.9 Å². The van der Waals surface area contributed by atoms with Gasteiger partial charge in [-0.05, 0) is 49.1 Å². The molecule has 2 aromatic carbocycles. The molecule has 0 bridgehead atoms. The minimum absolute atomic E-state index is 0.00398. The third kappa shape index (κ3) is 14.2. The first-order valence-corrected chi connectivity index (χ1v) is 25.3. The van der Waals surface area contributed by atoms with Crippen LogP contribution in [0.2, 0.25) is 0 Å². The minimum atomic E-state index is -1.91. The summed E-state index contributed by atoms with van der Waals surface area (Å²) >= 11 is 13.4. The van der Waals surface area contributed by atoms with Crippen molar-refractivity contribution in [1.29, 1.82) is 0 Å². The highest BCUT2D eigenvalue weighted by atomic mass is 35.5. The summed E-state index contributed by atoms with van der Waals surface area (Å²) in [6.45, 7) is 9.08. The van der Waals surface area contributed by atoms with E-state index in [0.717, 1.165) is 6.92 Å². The molecular weight excluding hydrogens is 1030 g/mol. The number of carbonyl (C=O) groups is 5. The fourth-order valence-electron chi connectivity index (χ4n) is 9.12. The van der Waals surface area contributed by atoms with Crippen molar-refractivity contribution in [3.8, 4) is 0 Å². The molecule has 26 heteroatoms. The van der Waals surface area contributed by atoms with Gasteiger partial charge in [0.1, 0.15) is 17.2 Å². The van der Waals surface area contributed by atoms with Crippen molar-refractivity contribution in [3.05, 3.63) is 106 Å². The van der Waals surface area contributed by atoms with Gasteiger partial charge in [0.25, 0.3) is 0 Å². The van der Waals surface area contributed by atoms with Crippen LogP contribution in [0.4, 0.5) is 0 Å². The molecule has 2 aromatic heterocycles. The summed E-state index contributed by atoms with van der Waals surface area (Å²) < 4.78 is 64.7. The number of hydrogen-bond acceptors (Lipinski definition) is 20. The van der Waals surface area contributed by atoms with E-state index in [1.807, 2.05) is 0 Å². The van der Waals surface area contributed by atoms with E-state index in [9.17, 15) is 24.0 Å². The number of halogens is 2. The summed E-state index contributed by atoms with van der Waals surface area (Å²) in [4.78, 5) is 67.7. The van der Waals surface area contributed by atoms with Crippen LogP contribution in [-0.2, 0) is 87.9 Å². The molecule has 0 radical (unpaired) electrons. The highest BCUT2D eigenvalue weighted by Gasteiger charge is 2.61. The van der Waals surface area contributed by atoms with Crippen molar-refractivity contribution >= 4 is 53.0 Å². The topological polar surface area (TPSA) is 288 Å². The van der Waals surface area contributed by atoms with Crippen molar-refractivity contribution in [2.75, 3.05) is 12.4 Å². The molecule has 5 heterocycles. The Bertz CT molecular complexity index is 2630. The fraction of sp³-hybridized carbons (Fsp3) is 0.571. The summed E-state index contributed by atoms with van der Waals surface area (Å²) in [6, 6.07) is 16.7. The highest BCUT2D eigenvalue weighted by Crippen LogP contribution is 2.44. The molecule has 0 aliphatic carbocycles. The number of carbonyl (C=O) groups excluding carboxylic acids is 5. The Hall–Kier alpha value is -6.24. The van der Waals surface area contributed by atoms with Gasteiger partial charge in [-0.3, -0.25) is 14.4 Å². The quantitative estimate of drug-likeness (QED) is 0.0174. The van der Waals surface area contributed by atoms with E-state index in [1.165, 1.54) is 18.5 Å². The average molecular weight is 1080 g/mol. The Labute approximate surface area is 441 Å². The van der Waals surface area contributed by atoms with Crippen LogP contribution in [0.15, 0.2) is 78.2 Å². The number of aryl methyl sites for hydroxylation is 1. The van der Waals surface area contributed by atoms with Crippen LogP contribution in [0.1, 0.15) is 86.5 Å². The lowest BCUT2D eigenvalue weighted by molar-refractivity contribution is -0.358. The summed E-state index contributed by atoms with van der Waals surface area (Å²) in [5.74, 6) is -7.05. The van der Waals surface area contributed by atoms with Crippen LogP contribution in [0.25, 0.3) is 10.4 Å². The lowest BCUT2D eigenvalue weighted by Gasteiger charge is -2.45. The van der Waals surface area contributed by atoms with E-state index in [2.05, 4.69) is 30.7 Å². The Kier molecular flexibility index (Phi) is 19.6. The third-order valence-electron chi connectivity index (χ3n) is 12.8. The number of azide groups is 1. The fourth-order valence-corrected chi connectivity index (χ4v) is 9.83. The zero-order chi connectivity index (χ0) is 53.8. The second-order valence-corrected chi connectivity index (χ2v) is 19.0. The van der Waals surface area contributed by atoms with Crippen LogP contribution < -0.4 is 0 Å². The summed E-state index contributed by atoms with van der Waals surface area (Å²) in [5.41, 5.74) is 10.1. The molecule has 3 fully saturated rings. The predicted molar refractivity (Wildman–Crippen MR) is 260 cm³/mol. The highest BCUT2D eigenvalue weighted by molar-refractivity contribution is 6.21. The Morgan fingerprint density at radius 2 is 1.27 bits per heavy atom. The molecule has 3 aliphatic heterocycles. The lowest BCUT2D eigenvalue weighted by atomic mass is 9.90. The molecule has 0 N–H and O–H groups in total. The summed E-state index contributed by atoms with van der Waals surface area (Å²) in [7, 11) is 0. The van der Waals surface area contributed by atoms with Gasteiger partial charge >= 0.3 is 29.8 Å². The van der Waals surface area contributed by atoms with Gasteiger partial charge in [0.15, 0.2) is 30.7 Å². The number of ether oxygens (including phenoxy) is 10. The van der Waals surface area contributed by atoms with Crippen molar-refractivity contribution in [1.82, 2.24) is 30.0 Å². The maximum atomic E-state index is 13.8. The number of benzene rings is 2. The number of rotatable bonds is 22. The zero-order valence-corrected chi connectivity index (χ0v) is 43.5. The van der Waals surface area contributed by atoms with Gasteiger partial charge in [0.2, 0.25) is 12.1 Å². The first-order valence-electron chi connectivity index (χ1n) is 24.3. The molecule has 4 aromatic rings. The molecule has 0 spiro atoms. The van der Waals surface area contributed by atoms with Crippen LogP contribution in [0.3, 0.4) is 0 Å². The molecular formula is C49H59Cl2N9O15. The molecule has 14 atom stereocenters. The Morgan fingerprint density at radius 1 is 0.720 bits per heavy atom. The van der Waals surface area contributed by atoms with E-state index >= 15 is 0 Å². The van der Waals surface area contributed by atoms with Gasteiger partial charge < -0.3 is 47.4 Å². The van der Waals surface area contributed by atoms with E-state index < -0.39 is 120 Å². The molecule has 404 valence electrons. The molecule has 3 aliphatic rings. The number of alkyl halides is 2. The van der Waals surface area contributed by atoms with Crippen molar-refractivity contribution in [2.45, 2.75) is 153 Å². The van der Waals surface area contributed by atoms with Crippen molar-refractivity contribution in [2.24, 2.45) is 17.0 Å². The first-order chi connectivity index (χ1) is 36.0. The van der Waals surface area contributed by atoms with Gasteiger partial charge in [0, 0.05) is 50.3 Å². The average Bonchev–Trinajstić information content (AvgIpc) is 4.11. The summed E-state index contributed by atoms with van der Waals surface area (Å²) in [6.07, 6.45) is -6.58. The molecule has 75 heavy (non-hydrogen) atoms. The molecule has 0 unspecified atom stereocenters. The van der Waals surface area contributed by atoms with Gasteiger partial charge in [-0.25, -0.2) is 19.0 Å². The number of hydrogen-bond donors (Lipinski definition) is 0. The Morgan fingerprint density at radius 3 is 1.85 bits per heavy atom. The number of aromatic nitrogens is 6. The monoisotopic (exact) mass is 1080 g/mol. The normalized spacial score (nSPS) is 29.4. The minimum Gasteiger partial charge on any atom is -0.457 e. The smallest absolute Gasteiger partial charge is 0.338 e.